The highest BCUT2D eigenvalue weighted by atomic mass is 16.5. The Kier molecular flexibility index (Phi) is 4.15. The van der Waals surface area contributed by atoms with Gasteiger partial charge in [0, 0.05) is 25.8 Å². The fraction of sp³-hybridized carbons (Fsp3) is 0.400. The maximum atomic E-state index is 12.4. The van der Waals surface area contributed by atoms with Crippen molar-refractivity contribution in [2.75, 3.05) is 20.2 Å². The molecule has 1 aromatic rings. The average molecular weight is 245 g/mol. The van der Waals surface area contributed by atoms with Crippen LogP contribution < -0.4 is 0 Å². The van der Waals surface area contributed by atoms with Crippen molar-refractivity contribution in [2.45, 2.75) is 18.9 Å². The maximum Gasteiger partial charge on any atom is 0.254 e. The number of piperidine rings is 1. The molecule has 1 aliphatic rings. The van der Waals surface area contributed by atoms with Gasteiger partial charge >= 0.3 is 0 Å². The second-order valence-corrected chi connectivity index (χ2v) is 4.52. The molecule has 0 radical (unpaired) electrons. The van der Waals surface area contributed by atoms with Crippen molar-refractivity contribution in [3.63, 3.8) is 0 Å². The van der Waals surface area contributed by atoms with E-state index in [1.54, 1.807) is 13.2 Å². The first-order valence-corrected chi connectivity index (χ1v) is 6.29. The zero-order valence-electron chi connectivity index (χ0n) is 10.8. The Balaban J connectivity index is 2.10. The topological polar surface area (TPSA) is 29.5 Å². The summed E-state index contributed by atoms with van der Waals surface area (Å²) in [6, 6.07) is 7.59. The summed E-state index contributed by atoms with van der Waals surface area (Å²) in [6.45, 7) is 5.29. The summed E-state index contributed by atoms with van der Waals surface area (Å²) >= 11 is 0. The van der Waals surface area contributed by atoms with Gasteiger partial charge in [-0.15, -0.1) is 0 Å². The van der Waals surface area contributed by atoms with Gasteiger partial charge in [-0.25, -0.2) is 0 Å². The van der Waals surface area contributed by atoms with Gasteiger partial charge < -0.3 is 9.64 Å². The summed E-state index contributed by atoms with van der Waals surface area (Å²) in [5, 5.41) is 0. The van der Waals surface area contributed by atoms with Crippen LogP contribution in [0.2, 0.25) is 0 Å². The van der Waals surface area contributed by atoms with Crippen molar-refractivity contribution >= 4 is 12.0 Å². The maximum absolute atomic E-state index is 12.4. The van der Waals surface area contributed by atoms with Gasteiger partial charge in [-0.2, -0.15) is 0 Å². The van der Waals surface area contributed by atoms with Gasteiger partial charge in [-0.3, -0.25) is 4.79 Å². The third-order valence-corrected chi connectivity index (χ3v) is 3.47. The van der Waals surface area contributed by atoms with Crippen molar-refractivity contribution < 1.29 is 9.53 Å². The Hall–Kier alpha value is -1.61. The van der Waals surface area contributed by atoms with Gasteiger partial charge in [-0.1, -0.05) is 30.9 Å². The van der Waals surface area contributed by atoms with Crippen LogP contribution in [0.5, 0.6) is 0 Å². The highest BCUT2D eigenvalue weighted by Crippen LogP contribution is 2.18. The second-order valence-electron chi connectivity index (χ2n) is 4.52. The minimum atomic E-state index is 0.0973. The molecule has 1 saturated heterocycles. The number of likely N-dealkylation sites (tertiary alicyclic amines) is 1. The number of benzene rings is 1. The summed E-state index contributed by atoms with van der Waals surface area (Å²) in [5.74, 6) is 0.0973. The molecule has 0 atom stereocenters. The van der Waals surface area contributed by atoms with E-state index < -0.39 is 0 Å². The van der Waals surface area contributed by atoms with Crippen LogP contribution in [-0.2, 0) is 4.74 Å². The fourth-order valence-electron chi connectivity index (χ4n) is 2.33. The highest BCUT2D eigenvalue weighted by molar-refractivity contribution is 5.97. The quantitative estimate of drug-likeness (QED) is 0.819. The van der Waals surface area contributed by atoms with Gasteiger partial charge in [0.2, 0.25) is 0 Å². The zero-order chi connectivity index (χ0) is 13.0. The lowest BCUT2D eigenvalue weighted by atomic mass is 10.0. The van der Waals surface area contributed by atoms with Crippen LogP contribution in [0.4, 0.5) is 0 Å². The molecule has 1 aromatic carbocycles. The number of ether oxygens (including phenoxy) is 1. The average Bonchev–Trinajstić information content (AvgIpc) is 2.46. The number of carbonyl (C=O) groups excluding carboxylic acids is 1. The standard InChI is InChI=1S/C15H19NO2/c1-3-12-6-4-5-7-14(12)15(17)16-10-8-13(18-2)9-11-16/h3-7,13H,1,8-11H2,2H3. The molecule has 1 heterocycles. The van der Waals surface area contributed by atoms with E-state index in [4.69, 9.17) is 4.74 Å². The molecular weight excluding hydrogens is 226 g/mol. The van der Waals surface area contributed by atoms with Crippen molar-refractivity contribution in [3.05, 3.63) is 42.0 Å². The molecule has 3 heteroatoms. The lowest BCUT2D eigenvalue weighted by Gasteiger charge is -2.31. The summed E-state index contributed by atoms with van der Waals surface area (Å²) in [6.07, 6.45) is 3.86. The first-order valence-electron chi connectivity index (χ1n) is 6.29. The molecule has 96 valence electrons. The highest BCUT2D eigenvalue weighted by Gasteiger charge is 2.24. The summed E-state index contributed by atoms with van der Waals surface area (Å²) in [5.41, 5.74) is 1.64. The first kappa shape index (κ1) is 12.8. The molecule has 3 nitrogen and oxygen atoms in total. The molecule has 2 rings (SSSR count). The van der Waals surface area contributed by atoms with Crippen molar-refractivity contribution in [1.82, 2.24) is 4.90 Å². The van der Waals surface area contributed by atoms with E-state index in [9.17, 15) is 4.79 Å². The molecule has 1 amide bonds. The number of hydrogen-bond donors (Lipinski definition) is 0. The van der Waals surface area contributed by atoms with Crippen LogP contribution >= 0.6 is 0 Å². The third-order valence-electron chi connectivity index (χ3n) is 3.47. The van der Waals surface area contributed by atoms with E-state index in [-0.39, 0.29) is 5.91 Å². The van der Waals surface area contributed by atoms with E-state index >= 15 is 0 Å². The number of carbonyl (C=O) groups is 1. The monoisotopic (exact) mass is 245 g/mol. The molecule has 0 unspecified atom stereocenters. The van der Waals surface area contributed by atoms with Crippen molar-refractivity contribution in [1.29, 1.82) is 0 Å². The van der Waals surface area contributed by atoms with E-state index in [1.807, 2.05) is 29.2 Å². The molecule has 0 N–H and O–H groups in total. The van der Waals surface area contributed by atoms with Gasteiger partial charge in [-0.05, 0) is 24.5 Å². The number of rotatable bonds is 3. The summed E-state index contributed by atoms with van der Waals surface area (Å²) < 4.78 is 5.32. The molecule has 0 aromatic heterocycles. The van der Waals surface area contributed by atoms with Crippen LogP contribution in [0.25, 0.3) is 6.08 Å². The normalized spacial score (nSPS) is 16.6. The predicted octanol–water partition coefficient (Wildman–Crippen LogP) is 2.58. The minimum absolute atomic E-state index is 0.0973. The Morgan fingerprint density at radius 3 is 2.67 bits per heavy atom. The minimum Gasteiger partial charge on any atom is -0.381 e. The number of methoxy groups -OCH3 is 1. The van der Waals surface area contributed by atoms with E-state index in [1.165, 1.54) is 0 Å². The SMILES string of the molecule is C=Cc1ccccc1C(=O)N1CCC(OC)CC1. The Morgan fingerprint density at radius 2 is 2.06 bits per heavy atom. The second kappa shape index (κ2) is 5.83. The largest absolute Gasteiger partial charge is 0.381 e. The van der Waals surface area contributed by atoms with E-state index in [0.717, 1.165) is 37.1 Å². The lowest BCUT2D eigenvalue weighted by molar-refractivity contribution is 0.0350. The van der Waals surface area contributed by atoms with Crippen LogP contribution in [0, 0.1) is 0 Å². The van der Waals surface area contributed by atoms with E-state index in [0.29, 0.717) is 6.10 Å². The molecule has 0 aliphatic carbocycles. The number of amides is 1. The molecule has 1 fully saturated rings. The van der Waals surface area contributed by atoms with Crippen LogP contribution in [-0.4, -0.2) is 37.1 Å². The zero-order valence-corrected chi connectivity index (χ0v) is 10.8. The Morgan fingerprint density at radius 1 is 1.39 bits per heavy atom. The van der Waals surface area contributed by atoms with Gasteiger partial charge in [0.15, 0.2) is 0 Å². The van der Waals surface area contributed by atoms with Crippen LogP contribution in [0.15, 0.2) is 30.8 Å². The molecule has 18 heavy (non-hydrogen) atoms. The van der Waals surface area contributed by atoms with Gasteiger partial charge in [0.05, 0.1) is 6.10 Å². The predicted molar refractivity (Wildman–Crippen MR) is 72.5 cm³/mol. The van der Waals surface area contributed by atoms with E-state index in [2.05, 4.69) is 6.58 Å². The van der Waals surface area contributed by atoms with Crippen molar-refractivity contribution in [3.8, 4) is 0 Å². The summed E-state index contributed by atoms with van der Waals surface area (Å²) in [4.78, 5) is 14.3. The molecule has 0 spiro atoms. The Bertz CT molecular complexity index is 434. The molecule has 0 saturated carbocycles. The first-order chi connectivity index (χ1) is 8.76. The Labute approximate surface area is 108 Å². The summed E-state index contributed by atoms with van der Waals surface area (Å²) in [7, 11) is 1.73. The van der Waals surface area contributed by atoms with Gasteiger partial charge in [0.1, 0.15) is 0 Å². The fourth-order valence-corrected chi connectivity index (χ4v) is 2.33. The lowest BCUT2D eigenvalue weighted by Crippen LogP contribution is -2.40. The molecule has 0 bridgehead atoms. The number of nitrogens with zero attached hydrogens (tertiary/aromatic N) is 1. The van der Waals surface area contributed by atoms with Gasteiger partial charge in [0.25, 0.3) is 5.91 Å². The van der Waals surface area contributed by atoms with Crippen molar-refractivity contribution in [2.24, 2.45) is 0 Å². The van der Waals surface area contributed by atoms with Crippen LogP contribution in [0.1, 0.15) is 28.8 Å². The molecule has 1 aliphatic heterocycles. The third kappa shape index (κ3) is 2.62. The number of hydrogen-bond acceptors (Lipinski definition) is 2. The van der Waals surface area contributed by atoms with Crippen LogP contribution in [0.3, 0.4) is 0 Å². The molecular formula is C15H19NO2. The smallest absolute Gasteiger partial charge is 0.254 e.